The molecule has 4 rings (SSSR count). The fourth-order valence-electron chi connectivity index (χ4n) is 3.45. The summed E-state index contributed by atoms with van der Waals surface area (Å²) in [4.78, 5) is 29.6. The van der Waals surface area contributed by atoms with E-state index in [1.165, 1.54) is 0 Å². The van der Waals surface area contributed by atoms with Crippen molar-refractivity contribution in [2.45, 2.75) is 33.4 Å². The van der Waals surface area contributed by atoms with Gasteiger partial charge < -0.3 is 19.8 Å². The first kappa shape index (κ1) is 22.1. The van der Waals surface area contributed by atoms with E-state index in [9.17, 15) is 9.59 Å². The molecule has 2 aromatic carbocycles. The Bertz CT molecular complexity index is 1290. The van der Waals surface area contributed by atoms with Gasteiger partial charge in [-0.15, -0.1) is 0 Å². The summed E-state index contributed by atoms with van der Waals surface area (Å²) in [6.45, 7) is 6.06. The molecule has 2 amide bonds. The molecule has 7 heteroatoms. The lowest BCUT2D eigenvalue weighted by Crippen LogP contribution is -2.30. The number of rotatable bonds is 7. The van der Waals surface area contributed by atoms with Gasteiger partial charge in [-0.05, 0) is 68.8 Å². The number of amides is 2. The van der Waals surface area contributed by atoms with Crippen molar-refractivity contribution >= 4 is 23.1 Å². The number of aromatic nitrogens is 2. The number of nitrogens with zero attached hydrogens (tertiary/aromatic N) is 2. The first-order valence-electron chi connectivity index (χ1n) is 10.8. The van der Waals surface area contributed by atoms with Crippen molar-refractivity contribution in [2.24, 2.45) is 0 Å². The van der Waals surface area contributed by atoms with Crippen molar-refractivity contribution in [3.8, 4) is 5.75 Å². The molecular weight excluding hydrogens is 416 g/mol. The van der Waals surface area contributed by atoms with Crippen LogP contribution in [-0.4, -0.2) is 27.2 Å². The second-order valence-electron chi connectivity index (χ2n) is 8.10. The highest BCUT2D eigenvalue weighted by atomic mass is 16.5. The van der Waals surface area contributed by atoms with E-state index < -0.39 is 0 Å². The summed E-state index contributed by atoms with van der Waals surface area (Å²) in [5, 5.41) is 5.70. The van der Waals surface area contributed by atoms with Crippen molar-refractivity contribution < 1.29 is 14.3 Å². The van der Waals surface area contributed by atoms with Crippen molar-refractivity contribution in [3.05, 3.63) is 95.4 Å². The van der Waals surface area contributed by atoms with E-state index in [-0.39, 0.29) is 24.5 Å². The highest BCUT2D eigenvalue weighted by molar-refractivity contribution is 6.06. The summed E-state index contributed by atoms with van der Waals surface area (Å²) < 4.78 is 7.91. The maximum absolute atomic E-state index is 12.9. The number of carbonyl (C=O) groups excluding carboxylic acids is 2. The zero-order valence-electron chi connectivity index (χ0n) is 18.8. The second kappa shape index (κ2) is 9.56. The molecule has 2 heterocycles. The SMILES string of the molecule is Cc1cccn2cc(COc3ccccc3C(=O)Nc3ccc(C(=O)NC(C)C)cc3)nc12. The molecule has 2 N–H and O–H groups in total. The summed E-state index contributed by atoms with van der Waals surface area (Å²) >= 11 is 0. The van der Waals surface area contributed by atoms with E-state index in [1.807, 2.05) is 55.8 Å². The standard InChI is InChI=1S/C26H26N4O3/c1-17(2)27-25(31)19-10-12-20(13-11-19)29-26(32)22-8-4-5-9-23(22)33-16-21-15-30-14-6-7-18(3)24(30)28-21/h4-15,17H,16H2,1-3H3,(H,27,31)(H,29,32). The van der Waals surface area contributed by atoms with E-state index in [0.717, 1.165) is 16.9 Å². The molecule has 168 valence electrons. The lowest BCUT2D eigenvalue weighted by molar-refractivity contribution is 0.0942. The number of benzene rings is 2. The monoisotopic (exact) mass is 442 g/mol. The third-order valence-electron chi connectivity index (χ3n) is 5.06. The molecule has 0 aliphatic rings. The molecule has 7 nitrogen and oxygen atoms in total. The minimum atomic E-state index is -0.296. The number of carbonyl (C=O) groups is 2. The first-order chi connectivity index (χ1) is 15.9. The fourth-order valence-corrected chi connectivity index (χ4v) is 3.45. The van der Waals surface area contributed by atoms with Gasteiger partial charge in [0.1, 0.15) is 18.0 Å². The van der Waals surface area contributed by atoms with Crippen LogP contribution in [0, 0.1) is 6.92 Å². The van der Waals surface area contributed by atoms with Gasteiger partial charge in [0.15, 0.2) is 0 Å². The minimum Gasteiger partial charge on any atom is -0.486 e. The molecule has 0 bridgehead atoms. The van der Waals surface area contributed by atoms with Crippen LogP contribution in [0.25, 0.3) is 5.65 Å². The van der Waals surface area contributed by atoms with Crippen LogP contribution in [0.4, 0.5) is 5.69 Å². The zero-order valence-corrected chi connectivity index (χ0v) is 18.8. The van der Waals surface area contributed by atoms with Crippen molar-refractivity contribution in [3.63, 3.8) is 0 Å². The van der Waals surface area contributed by atoms with Gasteiger partial charge in [0.25, 0.3) is 11.8 Å². The molecule has 33 heavy (non-hydrogen) atoms. The third-order valence-corrected chi connectivity index (χ3v) is 5.06. The Balaban J connectivity index is 1.44. The Morgan fingerprint density at radius 3 is 2.48 bits per heavy atom. The van der Waals surface area contributed by atoms with Gasteiger partial charge in [0.05, 0.1) is 11.3 Å². The predicted molar refractivity (Wildman–Crippen MR) is 128 cm³/mol. The normalized spacial score (nSPS) is 10.9. The van der Waals surface area contributed by atoms with Gasteiger partial charge >= 0.3 is 0 Å². The Labute approximate surface area is 192 Å². The number of para-hydroxylation sites is 1. The third kappa shape index (κ3) is 5.20. The first-order valence-corrected chi connectivity index (χ1v) is 10.8. The van der Waals surface area contributed by atoms with Crippen molar-refractivity contribution in [2.75, 3.05) is 5.32 Å². The Hall–Kier alpha value is -4.13. The number of nitrogens with one attached hydrogen (secondary N) is 2. The average Bonchev–Trinajstić information content (AvgIpc) is 3.22. The molecule has 0 aliphatic carbocycles. The highest BCUT2D eigenvalue weighted by Gasteiger charge is 2.14. The molecule has 0 spiro atoms. The number of hydrogen-bond acceptors (Lipinski definition) is 4. The smallest absolute Gasteiger partial charge is 0.259 e. The Morgan fingerprint density at radius 1 is 1.00 bits per heavy atom. The number of aryl methyl sites for hydroxylation is 1. The van der Waals surface area contributed by atoms with Gasteiger partial charge in [0, 0.05) is 29.7 Å². The summed E-state index contributed by atoms with van der Waals surface area (Å²) in [6.07, 6.45) is 3.86. The Morgan fingerprint density at radius 2 is 1.76 bits per heavy atom. The van der Waals surface area contributed by atoms with Crippen LogP contribution in [-0.2, 0) is 6.61 Å². The quantitative estimate of drug-likeness (QED) is 0.438. The predicted octanol–water partition coefficient (Wildman–Crippen LogP) is 4.61. The fraction of sp³-hybridized carbons (Fsp3) is 0.192. The van der Waals surface area contributed by atoms with Gasteiger partial charge in [-0.2, -0.15) is 0 Å². The van der Waals surface area contributed by atoms with Crippen LogP contribution in [0.3, 0.4) is 0 Å². The van der Waals surface area contributed by atoms with E-state index in [1.54, 1.807) is 42.5 Å². The molecule has 0 saturated heterocycles. The lowest BCUT2D eigenvalue weighted by Gasteiger charge is -2.12. The van der Waals surface area contributed by atoms with Gasteiger partial charge in [-0.25, -0.2) is 4.98 Å². The molecule has 4 aromatic rings. The summed E-state index contributed by atoms with van der Waals surface area (Å²) in [7, 11) is 0. The van der Waals surface area contributed by atoms with Gasteiger partial charge in [-0.1, -0.05) is 18.2 Å². The number of ether oxygens (including phenoxy) is 1. The minimum absolute atomic E-state index is 0.0537. The van der Waals surface area contributed by atoms with Gasteiger partial charge in [0.2, 0.25) is 0 Å². The highest BCUT2D eigenvalue weighted by Crippen LogP contribution is 2.22. The molecule has 0 fully saturated rings. The molecule has 0 radical (unpaired) electrons. The topological polar surface area (TPSA) is 84.7 Å². The molecule has 0 atom stereocenters. The number of imidazole rings is 1. The number of pyridine rings is 1. The molecule has 0 unspecified atom stereocenters. The van der Waals surface area contributed by atoms with E-state index >= 15 is 0 Å². The van der Waals surface area contributed by atoms with E-state index in [0.29, 0.717) is 22.6 Å². The number of hydrogen-bond donors (Lipinski definition) is 2. The van der Waals surface area contributed by atoms with Crippen LogP contribution in [0.15, 0.2) is 73.1 Å². The van der Waals surface area contributed by atoms with Crippen molar-refractivity contribution in [1.82, 2.24) is 14.7 Å². The van der Waals surface area contributed by atoms with E-state index in [2.05, 4.69) is 15.6 Å². The molecule has 2 aromatic heterocycles. The number of fused-ring (bicyclic) bond motifs is 1. The lowest BCUT2D eigenvalue weighted by atomic mass is 10.1. The summed E-state index contributed by atoms with van der Waals surface area (Å²) in [6, 6.07) is 17.9. The molecular formula is C26H26N4O3. The molecule has 0 saturated carbocycles. The second-order valence-corrected chi connectivity index (χ2v) is 8.10. The van der Waals surface area contributed by atoms with E-state index in [4.69, 9.17) is 4.74 Å². The maximum Gasteiger partial charge on any atom is 0.259 e. The van der Waals surface area contributed by atoms with Crippen LogP contribution < -0.4 is 15.4 Å². The summed E-state index contributed by atoms with van der Waals surface area (Å²) in [5.41, 5.74) is 4.28. The zero-order chi connectivity index (χ0) is 23.4. The van der Waals surface area contributed by atoms with Crippen LogP contribution >= 0.6 is 0 Å². The largest absolute Gasteiger partial charge is 0.486 e. The average molecular weight is 443 g/mol. The van der Waals surface area contributed by atoms with Crippen LogP contribution in [0.2, 0.25) is 0 Å². The number of anilines is 1. The maximum atomic E-state index is 12.9. The van der Waals surface area contributed by atoms with Crippen LogP contribution in [0.1, 0.15) is 45.8 Å². The molecule has 0 aliphatic heterocycles. The van der Waals surface area contributed by atoms with Gasteiger partial charge in [-0.3, -0.25) is 9.59 Å². The van der Waals surface area contributed by atoms with Crippen molar-refractivity contribution in [1.29, 1.82) is 0 Å². The Kier molecular flexibility index (Phi) is 6.40. The van der Waals surface area contributed by atoms with Crippen LogP contribution in [0.5, 0.6) is 5.75 Å². The summed E-state index contributed by atoms with van der Waals surface area (Å²) in [5.74, 6) is 0.0244.